The first-order valence-electron chi connectivity index (χ1n) is 7.16. The summed E-state index contributed by atoms with van der Waals surface area (Å²) >= 11 is 0. The van der Waals surface area contributed by atoms with Crippen LogP contribution in [0.25, 0.3) is 0 Å². The van der Waals surface area contributed by atoms with Crippen LogP contribution < -0.4 is 0 Å². The van der Waals surface area contributed by atoms with Crippen LogP contribution in [0.1, 0.15) is 46.5 Å². The summed E-state index contributed by atoms with van der Waals surface area (Å²) < 4.78 is 5.04. The number of rotatable bonds is 6. The van der Waals surface area contributed by atoms with Crippen molar-refractivity contribution in [1.82, 2.24) is 4.90 Å². The summed E-state index contributed by atoms with van der Waals surface area (Å²) in [6, 6.07) is 0. The molecule has 0 spiro atoms. The van der Waals surface area contributed by atoms with Crippen molar-refractivity contribution in [3.05, 3.63) is 0 Å². The number of likely N-dealkylation sites (N-methyl/N-ethyl adjacent to an activating group) is 1. The predicted molar refractivity (Wildman–Crippen MR) is 71.3 cm³/mol. The monoisotopic (exact) mass is 257 g/mol. The van der Waals surface area contributed by atoms with E-state index in [-0.39, 0.29) is 11.9 Å². The zero-order valence-electron chi connectivity index (χ0n) is 11.9. The molecular formula is C14H27NO3. The number of nitrogens with zero attached hydrogens (tertiary/aromatic N) is 1. The maximum Gasteiger partial charge on any atom is 0.308 e. The second kappa shape index (κ2) is 7.10. The molecule has 1 fully saturated rings. The first-order chi connectivity index (χ1) is 8.54. The molecule has 0 aromatic rings. The first-order valence-corrected chi connectivity index (χ1v) is 7.16. The lowest BCUT2D eigenvalue weighted by molar-refractivity contribution is -0.151. The summed E-state index contributed by atoms with van der Waals surface area (Å²) in [5.41, 5.74) is -0.616. The third-order valence-corrected chi connectivity index (χ3v) is 3.95. The van der Waals surface area contributed by atoms with E-state index < -0.39 is 5.60 Å². The van der Waals surface area contributed by atoms with Crippen molar-refractivity contribution >= 4 is 5.97 Å². The van der Waals surface area contributed by atoms with E-state index in [1.807, 2.05) is 6.92 Å². The molecular weight excluding hydrogens is 230 g/mol. The normalized spacial score (nSPS) is 28.4. The van der Waals surface area contributed by atoms with E-state index in [9.17, 15) is 9.90 Å². The Bertz CT molecular complexity index is 256. The Labute approximate surface area is 110 Å². The summed E-state index contributed by atoms with van der Waals surface area (Å²) in [5, 5.41) is 10.5. The minimum atomic E-state index is -0.616. The Morgan fingerprint density at radius 2 is 1.83 bits per heavy atom. The van der Waals surface area contributed by atoms with Gasteiger partial charge in [-0.1, -0.05) is 13.8 Å². The molecule has 4 nitrogen and oxygen atoms in total. The fourth-order valence-corrected chi connectivity index (χ4v) is 2.67. The Balaban J connectivity index is 2.43. The Morgan fingerprint density at radius 3 is 2.28 bits per heavy atom. The van der Waals surface area contributed by atoms with Gasteiger partial charge in [0, 0.05) is 6.54 Å². The van der Waals surface area contributed by atoms with E-state index in [1.54, 1.807) is 0 Å². The lowest BCUT2D eigenvalue weighted by Crippen LogP contribution is -2.46. The van der Waals surface area contributed by atoms with Gasteiger partial charge in [-0.15, -0.1) is 0 Å². The highest BCUT2D eigenvalue weighted by Gasteiger charge is 2.37. The summed E-state index contributed by atoms with van der Waals surface area (Å²) in [6.07, 6.45) is 2.90. The van der Waals surface area contributed by atoms with Gasteiger partial charge in [0.05, 0.1) is 18.1 Å². The standard InChI is InChI=1S/C14H27NO3/c1-4-15(5-2)11-14(17)9-7-12(8-10-14)13(16)18-6-3/h12,17H,4-11H2,1-3H3. The van der Waals surface area contributed by atoms with Crippen LogP contribution in [0.2, 0.25) is 0 Å². The van der Waals surface area contributed by atoms with Crippen LogP contribution in [0.15, 0.2) is 0 Å². The summed E-state index contributed by atoms with van der Waals surface area (Å²) in [5.74, 6) is -0.107. The van der Waals surface area contributed by atoms with Gasteiger partial charge in [0.25, 0.3) is 0 Å². The number of hydrogen-bond acceptors (Lipinski definition) is 4. The molecule has 106 valence electrons. The van der Waals surface area contributed by atoms with Gasteiger partial charge in [-0.25, -0.2) is 0 Å². The number of ether oxygens (including phenoxy) is 1. The van der Waals surface area contributed by atoms with Crippen molar-refractivity contribution in [3.63, 3.8) is 0 Å². The van der Waals surface area contributed by atoms with Crippen LogP contribution in [0.4, 0.5) is 0 Å². The zero-order valence-corrected chi connectivity index (χ0v) is 11.9. The average Bonchev–Trinajstić information content (AvgIpc) is 2.37. The second-order valence-electron chi connectivity index (χ2n) is 5.21. The molecule has 0 amide bonds. The van der Waals surface area contributed by atoms with E-state index in [1.165, 1.54) is 0 Å². The van der Waals surface area contributed by atoms with Gasteiger partial charge in [-0.05, 0) is 45.7 Å². The maximum absolute atomic E-state index is 11.6. The van der Waals surface area contributed by atoms with E-state index in [0.717, 1.165) is 32.5 Å². The van der Waals surface area contributed by atoms with Gasteiger partial charge in [0.1, 0.15) is 0 Å². The minimum Gasteiger partial charge on any atom is -0.466 e. The highest BCUT2D eigenvalue weighted by Crippen LogP contribution is 2.33. The SMILES string of the molecule is CCOC(=O)C1CCC(O)(CN(CC)CC)CC1. The third kappa shape index (κ3) is 4.25. The number of carbonyl (C=O) groups excluding carboxylic acids is 1. The summed E-state index contributed by atoms with van der Waals surface area (Å²) in [6.45, 7) is 9.13. The quantitative estimate of drug-likeness (QED) is 0.737. The number of esters is 1. The van der Waals surface area contributed by atoms with Gasteiger partial charge in [0.15, 0.2) is 0 Å². The molecule has 0 aromatic heterocycles. The van der Waals surface area contributed by atoms with Crippen LogP contribution in [0.5, 0.6) is 0 Å². The number of hydrogen-bond donors (Lipinski definition) is 1. The highest BCUT2D eigenvalue weighted by atomic mass is 16.5. The topological polar surface area (TPSA) is 49.8 Å². The van der Waals surface area contributed by atoms with Gasteiger partial charge >= 0.3 is 5.97 Å². The molecule has 0 aromatic carbocycles. The van der Waals surface area contributed by atoms with Crippen LogP contribution in [0, 0.1) is 5.92 Å². The smallest absolute Gasteiger partial charge is 0.308 e. The molecule has 0 saturated heterocycles. The molecule has 0 radical (unpaired) electrons. The lowest BCUT2D eigenvalue weighted by Gasteiger charge is -2.38. The molecule has 4 heteroatoms. The molecule has 1 rings (SSSR count). The molecule has 0 heterocycles. The van der Waals surface area contributed by atoms with Gasteiger partial charge in [0.2, 0.25) is 0 Å². The Kier molecular flexibility index (Phi) is 6.09. The molecule has 1 aliphatic carbocycles. The minimum absolute atomic E-state index is 0.0121. The number of aliphatic hydroxyl groups is 1. The zero-order chi connectivity index (χ0) is 13.6. The number of carbonyl (C=O) groups is 1. The Hall–Kier alpha value is -0.610. The van der Waals surface area contributed by atoms with Gasteiger partial charge in [-0.3, -0.25) is 4.79 Å². The predicted octanol–water partition coefficient (Wildman–Crippen LogP) is 1.81. The van der Waals surface area contributed by atoms with Crippen LogP contribution >= 0.6 is 0 Å². The second-order valence-corrected chi connectivity index (χ2v) is 5.21. The molecule has 1 N–H and O–H groups in total. The largest absolute Gasteiger partial charge is 0.466 e. The van der Waals surface area contributed by atoms with Crippen molar-refractivity contribution in [2.24, 2.45) is 5.92 Å². The van der Waals surface area contributed by atoms with Crippen molar-refractivity contribution in [2.45, 2.75) is 52.1 Å². The maximum atomic E-state index is 11.6. The van der Waals surface area contributed by atoms with Crippen molar-refractivity contribution in [3.8, 4) is 0 Å². The molecule has 0 bridgehead atoms. The Morgan fingerprint density at radius 1 is 1.28 bits per heavy atom. The average molecular weight is 257 g/mol. The van der Waals surface area contributed by atoms with E-state index in [2.05, 4.69) is 18.7 Å². The fourth-order valence-electron chi connectivity index (χ4n) is 2.67. The molecule has 0 aliphatic heterocycles. The van der Waals surface area contributed by atoms with E-state index in [4.69, 9.17) is 4.74 Å². The van der Waals surface area contributed by atoms with Crippen LogP contribution in [0.3, 0.4) is 0 Å². The van der Waals surface area contributed by atoms with Crippen molar-refractivity contribution < 1.29 is 14.6 Å². The molecule has 18 heavy (non-hydrogen) atoms. The molecule has 1 saturated carbocycles. The molecule has 1 aliphatic rings. The molecule has 0 unspecified atom stereocenters. The van der Waals surface area contributed by atoms with E-state index in [0.29, 0.717) is 19.4 Å². The fraction of sp³-hybridized carbons (Fsp3) is 0.929. The van der Waals surface area contributed by atoms with Gasteiger partial charge < -0.3 is 14.7 Å². The van der Waals surface area contributed by atoms with Crippen LogP contribution in [-0.4, -0.2) is 47.8 Å². The highest BCUT2D eigenvalue weighted by molar-refractivity contribution is 5.72. The van der Waals surface area contributed by atoms with E-state index >= 15 is 0 Å². The summed E-state index contributed by atoms with van der Waals surface area (Å²) in [4.78, 5) is 13.9. The van der Waals surface area contributed by atoms with Crippen LogP contribution in [-0.2, 0) is 9.53 Å². The summed E-state index contributed by atoms with van der Waals surface area (Å²) in [7, 11) is 0. The van der Waals surface area contributed by atoms with Crippen molar-refractivity contribution in [2.75, 3.05) is 26.2 Å². The van der Waals surface area contributed by atoms with Crippen molar-refractivity contribution in [1.29, 1.82) is 0 Å². The first kappa shape index (κ1) is 15.4. The lowest BCUT2D eigenvalue weighted by atomic mass is 9.78. The molecule has 0 atom stereocenters. The third-order valence-electron chi connectivity index (χ3n) is 3.95. The van der Waals surface area contributed by atoms with Gasteiger partial charge in [-0.2, -0.15) is 0 Å².